The van der Waals surface area contributed by atoms with Crippen molar-refractivity contribution in [2.24, 2.45) is 5.16 Å². The molecule has 2 nitrogen and oxygen atoms in total. The van der Waals surface area contributed by atoms with E-state index in [1.165, 1.54) is 11.1 Å². The molecule has 2 heteroatoms. The lowest BCUT2D eigenvalue weighted by Gasteiger charge is -2.29. The Hall–Kier alpha value is -1.31. The maximum atomic E-state index is 4.76. The highest BCUT2D eigenvalue weighted by Gasteiger charge is 2.27. The Kier molecular flexibility index (Phi) is 2.05. The summed E-state index contributed by atoms with van der Waals surface area (Å²) in [5.74, 6) is 0.483. The zero-order chi connectivity index (χ0) is 9.26. The number of hydrogen-bond donors (Lipinski definition) is 0. The fourth-order valence-electron chi connectivity index (χ4n) is 1.84. The third-order valence-electron chi connectivity index (χ3n) is 2.59. The van der Waals surface area contributed by atoms with Crippen molar-refractivity contribution >= 4 is 5.71 Å². The summed E-state index contributed by atoms with van der Waals surface area (Å²) in [7, 11) is 1.59. The molecule has 0 bridgehead atoms. The fourth-order valence-corrected chi connectivity index (χ4v) is 1.84. The molecule has 0 aliphatic heterocycles. The SMILES string of the molecule is CO/N=C(/C)C1Cc2ccccc21. The van der Waals surface area contributed by atoms with Gasteiger partial charge in [0.15, 0.2) is 0 Å². The van der Waals surface area contributed by atoms with E-state index in [1.807, 2.05) is 6.92 Å². The molecular weight excluding hydrogens is 162 g/mol. The molecule has 1 aromatic rings. The van der Waals surface area contributed by atoms with Gasteiger partial charge in [-0.3, -0.25) is 0 Å². The van der Waals surface area contributed by atoms with Crippen LogP contribution in [-0.4, -0.2) is 12.8 Å². The summed E-state index contributed by atoms with van der Waals surface area (Å²) in [6, 6.07) is 8.49. The first kappa shape index (κ1) is 8.30. The summed E-state index contributed by atoms with van der Waals surface area (Å²) in [4.78, 5) is 4.76. The zero-order valence-electron chi connectivity index (χ0n) is 7.95. The molecule has 0 amide bonds. The van der Waals surface area contributed by atoms with Crippen molar-refractivity contribution in [1.82, 2.24) is 0 Å². The van der Waals surface area contributed by atoms with Crippen LogP contribution in [0.1, 0.15) is 24.0 Å². The van der Waals surface area contributed by atoms with Crippen molar-refractivity contribution in [3.8, 4) is 0 Å². The van der Waals surface area contributed by atoms with Gasteiger partial charge in [0.25, 0.3) is 0 Å². The van der Waals surface area contributed by atoms with E-state index in [0.717, 1.165) is 12.1 Å². The second-order valence-corrected chi connectivity index (χ2v) is 3.37. The van der Waals surface area contributed by atoms with Gasteiger partial charge >= 0.3 is 0 Å². The molecule has 0 aromatic heterocycles. The molecule has 0 saturated carbocycles. The number of rotatable bonds is 2. The van der Waals surface area contributed by atoms with Gasteiger partial charge in [0.05, 0.1) is 5.71 Å². The highest BCUT2D eigenvalue weighted by Crippen LogP contribution is 2.35. The van der Waals surface area contributed by atoms with E-state index in [0.29, 0.717) is 5.92 Å². The van der Waals surface area contributed by atoms with Crippen molar-refractivity contribution in [3.05, 3.63) is 35.4 Å². The molecule has 68 valence electrons. The van der Waals surface area contributed by atoms with Gasteiger partial charge in [-0.25, -0.2) is 0 Å². The van der Waals surface area contributed by atoms with Crippen molar-refractivity contribution in [1.29, 1.82) is 0 Å². The first-order valence-corrected chi connectivity index (χ1v) is 4.48. The number of benzene rings is 1. The predicted molar refractivity (Wildman–Crippen MR) is 53.0 cm³/mol. The van der Waals surface area contributed by atoms with Gasteiger partial charge in [0.2, 0.25) is 0 Å². The van der Waals surface area contributed by atoms with Crippen molar-refractivity contribution in [2.45, 2.75) is 19.3 Å². The molecule has 1 aromatic carbocycles. The lowest BCUT2D eigenvalue weighted by atomic mass is 9.75. The van der Waals surface area contributed by atoms with Gasteiger partial charge in [-0.2, -0.15) is 0 Å². The second-order valence-electron chi connectivity index (χ2n) is 3.37. The van der Waals surface area contributed by atoms with E-state index in [4.69, 9.17) is 4.84 Å². The molecule has 1 unspecified atom stereocenters. The summed E-state index contributed by atoms with van der Waals surface area (Å²) in [6.07, 6.45) is 1.11. The minimum absolute atomic E-state index is 0.483. The van der Waals surface area contributed by atoms with Crippen LogP contribution in [0.3, 0.4) is 0 Å². The van der Waals surface area contributed by atoms with E-state index in [-0.39, 0.29) is 0 Å². The Bertz CT molecular complexity index is 344. The zero-order valence-corrected chi connectivity index (χ0v) is 7.95. The summed E-state index contributed by atoms with van der Waals surface area (Å²) in [6.45, 7) is 2.02. The molecule has 0 fully saturated rings. The second kappa shape index (κ2) is 3.21. The standard InChI is InChI=1S/C11H13NO/c1-8(12-13-2)11-7-9-5-3-4-6-10(9)11/h3-6,11H,7H2,1-2H3/b12-8-. The van der Waals surface area contributed by atoms with Gasteiger partial charge in [-0.05, 0) is 24.5 Å². The number of fused-ring (bicyclic) bond motifs is 1. The number of hydrogen-bond acceptors (Lipinski definition) is 2. The minimum Gasteiger partial charge on any atom is -0.399 e. The summed E-state index contributed by atoms with van der Waals surface area (Å²) in [5, 5.41) is 3.96. The molecule has 0 heterocycles. The van der Waals surface area contributed by atoms with Crippen LogP contribution in [0.4, 0.5) is 0 Å². The maximum absolute atomic E-state index is 4.76. The molecule has 0 saturated heterocycles. The van der Waals surface area contributed by atoms with E-state index >= 15 is 0 Å². The Morgan fingerprint density at radius 1 is 1.46 bits per heavy atom. The quantitative estimate of drug-likeness (QED) is 0.499. The lowest BCUT2D eigenvalue weighted by Crippen LogP contribution is -2.23. The van der Waals surface area contributed by atoms with Crippen molar-refractivity contribution in [2.75, 3.05) is 7.11 Å². The van der Waals surface area contributed by atoms with Crippen LogP contribution in [-0.2, 0) is 11.3 Å². The van der Waals surface area contributed by atoms with Crippen LogP contribution in [0.2, 0.25) is 0 Å². The summed E-state index contributed by atoms with van der Waals surface area (Å²) in [5.41, 5.74) is 3.92. The molecule has 0 radical (unpaired) electrons. The van der Waals surface area contributed by atoms with Crippen LogP contribution in [0.25, 0.3) is 0 Å². The topological polar surface area (TPSA) is 21.6 Å². The summed E-state index contributed by atoms with van der Waals surface area (Å²) < 4.78 is 0. The van der Waals surface area contributed by atoms with Crippen LogP contribution in [0.15, 0.2) is 29.4 Å². The monoisotopic (exact) mass is 175 g/mol. The van der Waals surface area contributed by atoms with Crippen LogP contribution >= 0.6 is 0 Å². The average molecular weight is 175 g/mol. The predicted octanol–water partition coefficient (Wildman–Crippen LogP) is 2.35. The molecule has 13 heavy (non-hydrogen) atoms. The average Bonchev–Trinajstić information content (AvgIpc) is 2.07. The molecular formula is C11H13NO. The third kappa shape index (κ3) is 1.32. The Morgan fingerprint density at radius 2 is 2.23 bits per heavy atom. The highest BCUT2D eigenvalue weighted by atomic mass is 16.6. The van der Waals surface area contributed by atoms with Crippen LogP contribution in [0, 0.1) is 0 Å². The minimum atomic E-state index is 0.483. The fraction of sp³-hybridized carbons (Fsp3) is 0.364. The Morgan fingerprint density at radius 3 is 2.92 bits per heavy atom. The lowest BCUT2D eigenvalue weighted by molar-refractivity contribution is 0.211. The first-order valence-electron chi connectivity index (χ1n) is 4.48. The normalized spacial score (nSPS) is 20.5. The van der Waals surface area contributed by atoms with E-state index < -0.39 is 0 Å². The Labute approximate surface area is 78.2 Å². The molecule has 0 spiro atoms. The molecule has 1 atom stereocenters. The van der Waals surface area contributed by atoms with Gasteiger partial charge in [-0.1, -0.05) is 29.4 Å². The van der Waals surface area contributed by atoms with Gasteiger partial charge in [0, 0.05) is 5.92 Å². The van der Waals surface area contributed by atoms with E-state index in [9.17, 15) is 0 Å². The van der Waals surface area contributed by atoms with Crippen molar-refractivity contribution < 1.29 is 4.84 Å². The molecule has 1 aliphatic rings. The third-order valence-corrected chi connectivity index (χ3v) is 2.59. The van der Waals surface area contributed by atoms with E-state index in [2.05, 4.69) is 29.4 Å². The smallest absolute Gasteiger partial charge is 0.106 e. The highest BCUT2D eigenvalue weighted by molar-refractivity contribution is 5.91. The number of nitrogens with zero attached hydrogens (tertiary/aromatic N) is 1. The maximum Gasteiger partial charge on any atom is 0.106 e. The molecule has 1 aliphatic carbocycles. The van der Waals surface area contributed by atoms with Gasteiger partial charge < -0.3 is 4.84 Å². The number of oxime groups is 1. The molecule has 2 rings (SSSR count). The van der Waals surface area contributed by atoms with Crippen LogP contribution < -0.4 is 0 Å². The van der Waals surface area contributed by atoms with Gasteiger partial charge in [-0.15, -0.1) is 0 Å². The summed E-state index contributed by atoms with van der Waals surface area (Å²) >= 11 is 0. The van der Waals surface area contributed by atoms with Crippen molar-refractivity contribution in [3.63, 3.8) is 0 Å². The first-order chi connectivity index (χ1) is 6.33. The van der Waals surface area contributed by atoms with E-state index in [1.54, 1.807) is 7.11 Å². The largest absolute Gasteiger partial charge is 0.399 e. The molecule has 0 N–H and O–H groups in total. The van der Waals surface area contributed by atoms with Gasteiger partial charge in [0.1, 0.15) is 7.11 Å². The van der Waals surface area contributed by atoms with Crippen LogP contribution in [0.5, 0.6) is 0 Å². The Balaban J connectivity index is 2.22.